The van der Waals surface area contributed by atoms with E-state index in [1.54, 1.807) is 32.8 Å². The summed E-state index contributed by atoms with van der Waals surface area (Å²) in [5, 5.41) is 7.39. The summed E-state index contributed by atoms with van der Waals surface area (Å²) in [6, 6.07) is 0. The number of carbonyl (C=O) groups excluding carboxylic acids is 1. The first-order valence-electron chi connectivity index (χ1n) is 3.09. The number of hydrogen-bond donors (Lipinski definition) is 0. The largest absolute Gasteiger partial charge is 0.580 e. The molecule has 0 amide bonds. The molecule has 0 rings (SSSR count). The zero-order valence-corrected chi connectivity index (χ0v) is 8.35. The topological polar surface area (TPSA) is 47.5 Å². The summed E-state index contributed by atoms with van der Waals surface area (Å²) < 4.78 is 0. The number of rotatable bonds is 2. The van der Waals surface area contributed by atoms with Crippen molar-refractivity contribution < 1.29 is 27.0 Å². The van der Waals surface area contributed by atoms with Crippen LogP contribution in [0.1, 0.15) is 13.8 Å². The molecular formula is C7H15FeNO2+2. The fraction of sp³-hybridized carbons (Fsp3) is 0.571. The molecule has 0 atom stereocenters. The summed E-state index contributed by atoms with van der Waals surface area (Å²) in [6.07, 6.45) is 0. The Morgan fingerprint density at radius 1 is 1.27 bits per heavy atom. The summed E-state index contributed by atoms with van der Waals surface area (Å²) >= 11 is 0. The third-order valence-corrected chi connectivity index (χ3v) is 1.35. The van der Waals surface area contributed by atoms with Crippen LogP contribution < -0.4 is 0 Å². The van der Waals surface area contributed by atoms with E-state index >= 15 is 0 Å². The fourth-order valence-corrected chi connectivity index (χ4v) is 0.507. The fourth-order valence-electron chi connectivity index (χ4n) is 0.507. The van der Waals surface area contributed by atoms with Crippen LogP contribution in [0.25, 0.3) is 0 Å². The quantitative estimate of drug-likeness (QED) is 0.270. The van der Waals surface area contributed by atoms with Crippen LogP contribution in [0.3, 0.4) is 0 Å². The predicted octanol–water partition coefficient (Wildman–Crippen LogP) is 0.0664. The van der Waals surface area contributed by atoms with Gasteiger partial charge in [-0.3, -0.25) is 4.79 Å². The van der Waals surface area contributed by atoms with Gasteiger partial charge in [0.15, 0.2) is 5.57 Å². The van der Waals surface area contributed by atoms with E-state index in [-0.39, 0.29) is 22.9 Å². The van der Waals surface area contributed by atoms with Gasteiger partial charge in [-0.25, -0.2) is 0 Å². The van der Waals surface area contributed by atoms with E-state index in [1.807, 2.05) is 0 Å². The average molecular weight is 201 g/mol. The van der Waals surface area contributed by atoms with Gasteiger partial charge in [-0.15, -0.1) is 0 Å². The molecular weight excluding hydrogens is 186 g/mol. The van der Waals surface area contributed by atoms with Crippen molar-refractivity contribution in [1.82, 2.24) is 4.90 Å². The number of allylic oxidation sites excluding steroid dienone is 1. The molecule has 11 heavy (non-hydrogen) atoms. The Hall–Kier alpha value is -0.471. The Morgan fingerprint density at radius 2 is 1.64 bits per heavy atom. The standard InChI is InChI=1S/C7H13NO2.Fe/c1-5(6(2)9)7(10)8(3)4;/h10H,1-4H3;/p+2. The third kappa shape index (κ3) is 4.06. The molecule has 0 aliphatic heterocycles. The number of hydrogen-bond acceptors (Lipinski definition) is 1. The van der Waals surface area contributed by atoms with E-state index in [1.165, 1.54) is 0 Å². The van der Waals surface area contributed by atoms with E-state index in [0.717, 1.165) is 0 Å². The first-order chi connectivity index (χ1) is 4.46. The first-order valence-corrected chi connectivity index (χ1v) is 3.09. The third-order valence-electron chi connectivity index (χ3n) is 1.35. The second-order valence-electron chi connectivity index (χ2n) is 2.45. The minimum Gasteiger partial charge on any atom is -0.580 e. The second kappa shape index (κ2) is 5.22. The van der Waals surface area contributed by atoms with Crippen molar-refractivity contribution in [3.8, 4) is 0 Å². The summed E-state index contributed by atoms with van der Waals surface area (Å²) in [6.45, 7) is 3.30. The molecule has 0 aliphatic rings. The van der Waals surface area contributed by atoms with Crippen LogP contribution in [0.2, 0.25) is 0 Å². The summed E-state index contributed by atoms with van der Waals surface area (Å²) in [5.41, 5.74) is 0.616. The average Bonchev–Trinajstić information content (AvgIpc) is 1.84. The Labute approximate surface area is 77.6 Å². The molecule has 0 heterocycles. The van der Waals surface area contributed by atoms with Gasteiger partial charge in [-0.2, -0.15) is 0 Å². The Morgan fingerprint density at radius 3 is 1.73 bits per heavy atom. The van der Waals surface area contributed by atoms with Gasteiger partial charge in [0.25, 0.3) is 0 Å². The molecule has 0 aromatic carbocycles. The van der Waals surface area contributed by atoms with Crippen LogP contribution in [-0.2, 0) is 17.1 Å². The maximum Gasteiger partial charge on any atom is 0.344 e. The van der Waals surface area contributed by atoms with Gasteiger partial charge in [-0.1, -0.05) is 0 Å². The van der Waals surface area contributed by atoms with Crippen molar-refractivity contribution in [3.05, 3.63) is 11.5 Å². The Kier molecular flexibility index (Phi) is 6.23. The minimum atomic E-state index is 0. The molecule has 0 unspecified atom stereocenters. The van der Waals surface area contributed by atoms with E-state index in [9.17, 15) is 0 Å². The van der Waals surface area contributed by atoms with Crippen molar-refractivity contribution in [2.24, 2.45) is 0 Å². The zero-order chi connectivity index (χ0) is 8.31. The molecule has 0 bridgehead atoms. The van der Waals surface area contributed by atoms with Crippen molar-refractivity contribution in [1.29, 1.82) is 0 Å². The van der Waals surface area contributed by atoms with Gasteiger partial charge in [0, 0.05) is 31.2 Å². The molecule has 0 saturated heterocycles. The minimum absolute atomic E-state index is 0. The summed E-state index contributed by atoms with van der Waals surface area (Å²) in [4.78, 5) is 10.6. The molecule has 0 spiro atoms. The molecule has 0 aliphatic carbocycles. The van der Waals surface area contributed by atoms with Gasteiger partial charge in [0.05, 0.1) is 6.92 Å². The summed E-state index contributed by atoms with van der Waals surface area (Å²) in [5.74, 6) is 0.554. The van der Waals surface area contributed by atoms with Crippen molar-refractivity contribution >= 4 is 5.78 Å². The SMILES string of the molecule is CC(=[OH+])C(C)=C([OH2+])N(C)C.[Fe]. The van der Waals surface area contributed by atoms with Gasteiger partial charge in [0.2, 0.25) is 0 Å². The van der Waals surface area contributed by atoms with Crippen molar-refractivity contribution in [2.75, 3.05) is 14.1 Å². The number of nitrogens with zero attached hydrogens (tertiary/aromatic N) is 1. The molecule has 0 aromatic heterocycles. The monoisotopic (exact) mass is 201 g/mol. The van der Waals surface area contributed by atoms with Crippen LogP contribution >= 0.6 is 0 Å². The van der Waals surface area contributed by atoms with Gasteiger partial charge < -0.3 is 10.0 Å². The van der Waals surface area contributed by atoms with Crippen LogP contribution in [0.4, 0.5) is 0 Å². The maximum absolute atomic E-state index is 8.95. The van der Waals surface area contributed by atoms with Crippen molar-refractivity contribution in [3.63, 3.8) is 0 Å². The van der Waals surface area contributed by atoms with Gasteiger partial charge >= 0.3 is 11.7 Å². The van der Waals surface area contributed by atoms with Crippen LogP contribution in [-0.4, -0.2) is 34.7 Å². The van der Waals surface area contributed by atoms with Gasteiger partial charge in [-0.05, 0) is 6.92 Å². The summed E-state index contributed by atoms with van der Waals surface area (Å²) in [7, 11) is 3.55. The van der Waals surface area contributed by atoms with E-state index in [0.29, 0.717) is 11.5 Å². The molecule has 66 valence electrons. The number of ketones is 1. The molecule has 3 N–H and O–H groups in total. The molecule has 4 heteroatoms. The van der Waals surface area contributed by atoms with E-state index < -0.39 is 0 Å². The van der Waals surface area contributed by atoms with E-state index in [4.69, 9.17) is 9.90 Å². The normalized spacial score (nSPS) is 11.3. The molecule has 0 aromatic rings. The molecule has 0 saturated carbocycles. The van der Waals surface area contributed by atoms with E-state index in [2.05, 4.69) is 0 Å². The van der Waals surface area contributed by atoms with Crippen LogP contribution in [0.5, 0.6) is 0 Å². The molecule has 0 radical (unpaired) electrons. The predicted molar refractivity (Wildman–Crippen MR) is 42.6 cm³/mol. The van der Waals surface area contributed by atoms with Gasteiger partial charge in [0.1, 0.15) is 0 Å². The molecule has 0 fully saturated rings. The maximum atomic E-state index is 8.95. The van der Waals surface area contributed by atoms with Crippen molar-refractivity contribution in [2.45, 2.75) is 13.8 Å². The van der Waals surface area contributed by atoms with Crippen LogP contribution in [0, 0.1) is 0 Å². The smallest absolute Gasteiger partial charge is 0.344 e. The Balaban J connectivity index is 0. The zero-order valence-electron chi connectivity index (χ0n) is 7.25. The molecule has 3 nitrogen and oxygen atoms in total. The first kappa shape index (κ1) is 13.1. The second-order valence-corrected chi connectivity index (χ2v) is 2.45. The Bertz CT molecular complexity index is 175. The van der Waals surface area contributed by atoms with Crippen LogP contribution in [0.15, 0.2) is 11.5 Å².